The van der Waals surface area contributed by atoms with Gasteiger partial charge in [-0.1, -0.05) is 35.3 Å². The number of ether oxygens (including phenoxy) is 1. The molecule has 120 valence electrons. The summed E-state index contributed by atoms with van der Waals surface area (Å²) in [6.45, 7) is 1.44. The maximum atomic E-state index is 11.7. The lowest BCUT2D eigenvalue weighted by Crippen LogP contribution is -2.01. The number of carbonyl (C=O) groups excluding carboxylic acids is 1. The monoisotopic (exact) mass is 360 g/mol. The number of benzene rings is 1. The van der Waals surface area contributed by atoms with Crippen LogP contribution in [0, 0.1) is 0 Å². The van der Waals surface area contributed by atoms with Gasteiger partial charge in [0.2, 0.25) is 11.6 Å². The highest BCUT2D eigenvalue weighted by Crippen LogP contribution is 2.36. The number of aromatic nitrogens is 4. The molecule has 3 rings (SSSR count). The highest BCUT2D eigenvalue weighted by Gasteiger charge is 2.18. The molecule has 24 heavy (non-hydrogen) atoms. The van der Waals surface area contributed by atoms with Crippen molar-refractivity contribution in [2.24, 2.45) is 0 Å². The summed E-state index contributed by atoms with van der Waals surface area (Å²) in [6, 6.07) is 8.42. The first-order valence-corrected chi connectivity index (χ1v) is 7.60. The molecular weight excluding hydrogens is 351 g/mol. The van der Waals surface area contributed by atoms with E-state index in [-0.39, 0.29) is 33.5 Å². The van der Waals surface area contributed by atoms with E-state index in [4.69, 9.17) is 27.9 Å². The van der Waals surface area contributed by atoms with E-state index < -0.39 is 0 Å². The minimum atomic E-state index is -0.145. The van der Waals surface area contributed by atoms with Gasteiger partial charge in [0.15, 0.2) is 21.9 Å². The van der Waals surface area contributed by atoms with Crippen molar-refractivity contribution in [1.29, 1.82) is 0 Å². The molecule has 1 aromatic carbocycles. The molecule has 0 saturated heterocycles. The summed E-state index contributed by atoms with van der Waals surface area (Å²) >= 11 is 12.3. The number of halogens is 2. The summed E-state index contributed by atoms with van der Waals surface area (Å²) in [5.41, 5.74) is 0.403. The first-order valence-electron chi connectivity index (χ1n) is 6.84. The molecule has 2 heterocycles. The summed E-state index contributed by atoms with van der Waals surface area (Å²) in [4.78, 5) is 28.0. The minimum absolute atomic E-state index is 0.00388. The molecule has 3 aromatic rings. The van der Waals surface area contributed by atoms with Crippen LogP contribution in [-0.2, 0) is 0 Å². The van der Waals surface area contributed by atoms with Crippen LogP contribution in [0.5, 0.6) is 11.5 Å². The largest absolute Gasteiger partial charge is 0.450 e. The van der Waals surface area contributed by atoms with Crippen LogP contribution in [-0.4, -0.2) is 25.7 Å². The molecule has 0 unspecified atom stereocenters. The number of carbonyl (C=O) groups is 1. The second-order valence-electron chi connectivity index (χ2n) is 4.68. The quantitative estimate of drug-likeness (QED) is 0.511. The molecule has 0 radical (unpaired) electrons. The molecule has 8 heteroatoms. The Morgan fingerprint density at radius 1 is 0.958 bits per heavy atom. The number of para-hydroxylation sites is 1. The smallest absolute Gasteiger partial charge is 0.202 e. The maximum Gasteiger partial charge on any atom is 0.202 e. The molecule has 2 aromatic heterocycles. The zero-order valence-corrected chi connectivity index (χ0v) is 13.9. The minimum Gasteiger partial charge on any atom is -0.450 e. The van der Waals surface area contributed by atoms with E-state index in [9.17, 15) is 4.79 Å². The molecule has 0 N–H and O–H groups in total. The van der Waals surface area contributed by atoms with Crippen LogP contribution >= 0.6 is 23.2 Å². The molecule has 0 aliphatic carbocycles. The van der Waals surface area contributed by atoms with Crippen molar-refractivity contribution in [3.8, 4) is 23.1 Å². The zero-order valence-electron chi connectivity index (χ0n) is 12.4. The number of ketones is 1. The maximum absolute atomic E-state index is 11.7. The van der Waals surface area contributed by atoms with Gasteiger partial charge in [0.05, 0.1) is 5.56 Å². The Bertz CT molecular complexity index is 881. The lowest BCUT2D eigenvalue weighted by atomic mass is 10.1. The van der Waals surface area contributed by atoms with Crippen molar-refractivity contribution >= 4 is 29.0 Å². The molecule has 0 aliphatic rings. The van der Waals surface area contributed by atoms with E-state index >= 15 is 0 Å². The molecule has 0 bridgehead atoms. The number of hydrogen-bond acceptors (Lipinski definition) is 6. The van der Waals surface area contributed by atoms with Gasteiger partial charge in [-0.05, 0) is 25.1 Å². The predicted octanol–water partition coefficient (Wildman–Crippen LogP) is 4.24. The van der Waals surface area contributed by atoms with Gasteiger partial charge in [0.1, 0.15) is 5.75 Å². The first kappa shape index (κ1) is 16.3. The van der Waals surface area contributed by atoms with E-state index in [0.29, 0.717) is 11.3 Å². The summed E-state index contributed by atoms with van der Waals surface area (Å²) in [7, 11) is 0. The Balaban J connectivity index is 2.00. The van der Waals surface area contributed by atoms with Gasteiger partial charge in [-0.2, -0.15) is 0 Å². The van der Waals surface area contributed by atoms with E-state index in [1.165, 1.54) is 6.92 Å². The molecule has 0 atom stereocenters. The third-order valence-electron chi connectivity index (χ3n) is 3.03. The number of hydrogen-bond donors (Lipinski definition) is 0. The fourth-order valence-corrected chi connectivity index (χ4v) is 2.42. The van der Waals surface area contributed by atoms with Crippen LogP contribution in [0.25, 0.3) is 11.6 Å². The second kappa shape index (κ2) is 6.90. The van der Waals surface area contributed by atoms with Crippen molar-refractivity contribution in [2.45, 2.75) is 6.92 Å². The van der Waals surface area contributed by atoms with E-state index in [0.717, 1.165) is 0 Å². The van der Waals surface area contributed by atoms with Gasteiger partial charge < -0.3 is 4.74 Å². The third kappa shape index (κ3) is 3.34. The standard InChI is InChI=1S/C16H10Cl2N4O2/c1-9(23)10-5-2-3-6-11(10)24-12-13(17)21-16(22-14(12)18)15-19-7-4-8-20-15/h2-8H,1H3. The molecular formula is C16H10Cl2N4O2. The van der Waals surface area contributed by atoms with Crippen LogP contribution in [0.2, 0.25) is 10.3 Å². The van der Waals surface area contributed by atoms with Gasteiger partial charge in [0.25, 0.3) is 0 Å². The van der Waals surface area contributed by atoms with Crippen LogP contribution in [0.3, 0.4) is 0 Å². The summed E-state index contributed by atoms with van der Waals surface area (Å²) in [6.07, 6.45) is 3.11. The van der Waals surface area contributed by atoms with Crippen molar-refractivity contribution in [3.63, 3.8) is 0 Å². The Morgan fingerprint density at radius 3 is 2.21 bits per heavy atom. The van der Waals surface area contributed by atoms with Crippen molar-refractivity contribution in [3.05, 3.63) is 58.6 Å². The molecule has 6 nitrogen and oxygen atoms in total. The molecule has 0 spiro atoms. The Hall–Kier alpha value is -2.57. The fourth-order valence-electron chi connectivity index (χ4n) is 1.95. The van der Waals surface area contributed by atoms with Crippen LogP contribution < -0.4 is 4.74 Å². The highest BCUT2D eigenvalue weighted by molar-refractivity contribution is 6.35. The average molecular weight is 361 g/mol. The Labute approximate surface area is 147 Å². The Morgan fingerprint density at radius 2 is 1.58 bits per heavy atom. The zero-order chi connectivity index (χ0) is 17.1. The summed E-state index contributed by atoms with van der Waals surface area (Å²) in [5, 5.41) is -0.00776. The van der Waals surface area contributed by atoms with Crippen LogP contribution in [0.1, 0.15) is 17.3 Å². The highest BCUT2D eigenvalue weighted by atomic mass is 35.5. The van der Waals surface area contributed by atoms with E-state index in [1.54, 1.807) is 42.7 Å². The molecule has 0 amide bonds. The topological polar surface area (TPSA) is 77.9 Å². The van der Waals surface area contributed by atoms with E-state index in [2.05, 4.69) is 19.9 Å². The number of Topliss-reactive ketones (excluding diaryl/α,β-unsaturated/α-hetero) is 1. The van der Waals surface area contributed by atoms with Gasteiger partial charge in [-0.3, -0.25) is 4.79 Å². The first-order chi connectivity index (χ1) is 11.6. The summed E-state index contributed by atoms with van der Waals surface area (Å²) in [5.74, 6) is 0.704. The molecule has 0 aliphatic heterocycles. The van der Waals surface area contributed by atoms with Crippen molar-refractivity contribution in [2.75, 3.05) is 0 Å². The second-order valence-corrected chi connectivity index (χ2v) is 5.40. The fraction of sp³-hybridized carbons (Fsp3) is 0.0625. The number of rotatable bonds is 4. The predicted molar refractivity (Wildman–Crippen MR) is 89.6 cm³/mol. The van der Waals surface area contributed by atoms with E-state index in [1.807, 2.05) is 0 Å². The molecule has 0 saturated carbocycles. The Kier molecular flexibility index (Phi) is 4.69. The number of nitrogens with zero attached hydrogens (tertiary/aromatic N) is 4. The van der Waals surface area contributed by atoms with Crippen molar-refractivity contribution in [1.82, 2.24) is 19.9 Å². The van der Waals surface area contributed by atoms with Gasteiger partial charge >= 0.3 is 0 Å². The lowest BCUT2D eigenvalue weighted by Gasteiger charge is -2.11. The van der Waals surface area contributed by atoms with Gasteiger partial charge in [0, 0.05) is 12.4 Å². The van der Waals surface area contributed by atoms with Crippen molar-refractivity contribution < 1.29 is 9.53 Å². The third-order valence-corrected chi connectivity index (χ3v) is 3.54. The lowest BCUT2D eigenvalue weighted by molar-refractivity contribution is 0.101. The molecule has 0 fully saturated rings. The summed E-state index contributed by atoms with van der Waals surface area (Å²) < 4.78 is 5.67. The van der Waals surface area contributed by atoms with Crippen LogP contribution in [0.4, 0.5) is 0 Å². The van der Waals surface area contributed by atoms with Gasteiger partial charge in [-0.25, -0.2) is 19.9 Å². The normalized spacial score (nSPS) is 10.5. The SMILES string of the molecule is CC(=O)c1ccccc1Oc1c(Cl)nc(-c2ncccn2)nc1Cl. The van der Waals surface area contributed by atoms with Gasteiger partial charge in [-0.15, -0.1) is 0 Å². The van der Waals surface area contributed by atoms with Crippen LogP contribution in [0.15, 0.2) is 42.7 Å². The average Bonchev–Trinajstić information content (AvgIpc) is 2.59.